The van der Waals surface area contributed by atoms with Gasteiger partial charge in [-0.2, -0.15) is 0 Å². The smallest absolute Gasteiger partial charge is 0.173 e. The van der Waals surface area contributed by atoms with Crippen molar-refractivity contribution in [2.24, 2.45) is 0 Å². The Kier molecular flexibility index (Phi) is 1.25. The van der Waals surface area contributed by atoms with Gasteiger partial charge in [0.15, 0.2) is 8.38 Å². The topological polar surface area (TPSA) is 18.5 Å². The van der Waals surface area contributed by atoms with E-state index in [1.54, 1.807) is 0 Å². The van der Waals surface area contributed by atoms with E-state index < -0.39 is 8.38 Å². The first-order valence-electron chi connectivity index (χ1n) is 3.02. The van der Waals surface area contributed by atoms with E-state index >= 15 is 0 Å². The van der Waals surface area contributed by atoms with Crippen LogP contribution in [0.5, 0.6) is 0 Å². The molecular formula is C5H9O2P. The summed E-state index contributed by atoms with van der Waals surface area (Å²) in [5.74, 6) is 0. The van der Waals surface area contributed by atoms with Crippen LogP contribution in [-0.2, 0) is 9.05 Å². The molecule has 2 rings (SSSR count). The average molecular weight is 132 g/mol. The molecule has 1 saturated heterocycles. The highest BCUT2D eigenvalue weighted by atomic mass is 31.2. The van der Waals surface area contributed by atoms with Crippen LogP contribution in [0.25, 0.3) is 0 Å². The molecule has 0 unspecified atom stereocenters. The Morgan fingerprint density at radius 1 is 1.12 bits per heavy atom. The third kappa shape index (κ3) is 0.883. The molecule has 2 nitrogen and oxygen atoms in total. The molecule has 0 amide bonds. The standard InChI is InChI=1S/C5H9O2P/c1-2-5(1)8-6-3-4-7-8/h5H,1-4H2. The molecule has 2 aliphatic rings. The van der Waals surface area contributed by atoms with E-state index in [2.05, 4.69) is 0 Å². The van der Waals surface area contributed by atoms with Crippen molar-refractivity contribution in [3.8, 4) is 0 Å². The van der Waals surface area contributed by atoms with Gasteiger partial charge in [0, 0.05) is 5.66 Å². The van der Waals surface area contributed by atoms with Crippen molar-refractivity contribution in [2.45, 2.75) is 18.5 Å². The van der Waals surface area contributed by atoms with Crippen LogP contribution >= 0.6 is 8.38 Å². The number of hydrogen-bond acceptors (Lipinski definition) is 2. The molecule has 3 heteroatoms. The maximum absolute atomic E-state index is 5.32. The van der Waals surface area contributed by atoms with E-state index in [0.29, 0.717) is 0 Å². The van der Waals surface area contributed by atoms with Crippen LogP contribution in [0, 0.1) is 0 Å². The summed E-state index contributed by atoms with van der Waals surface area (Å²) in [6.45, 7) is 1.67. The van der Waals surface area contributed by atoms with Gasteiger partial charge in [-0.1, -0.05) is 0 Å². The maximum Gasteiger partial charge on any atom is 0.173 e. The van der Waals surface area contributed by atoms with Crippen LogP contribution in [-0.4, -0.2) is 18.9 Å². The lowest BCUT2D eigenvalue weighted by Crippen LogP contribution is -1.79. The summed E-state index contributed by atoms with van der Waals surface area (Å²) in [4.78, 5) is 0. The summed E-state index contributed by atoms with van der Waals surface area (Å²) in [5, 5.41) is 0. The van der Waals surface area contributed by atoms with Gasteiger partial charge in [0.25, 0.3) is 0 Å². The highest BCUT2D eigenvalue weighted by molar-refractivity contribution is 7.48. The molecule has 46 valence electrons. The van der Waals surface area contributed by atoms with E-state index in [0.717, 1.165) is 18.9 Å². The normalized spacial score (nSPS) is 31.5. The fourth-order valence-electron chi connectivity index (χ4n) is 0.788. The van der Waals surface area contributed by atoms with Crippen molar-refractivity contribution in [3.05, 3.63) is 0 Å². The Bertz CT molecular complexity index is 86.4. The lowest BCUT2D eigenvalue weighted by Gasteiger charge is -2.02. The first-order chi connectivity index (χ1) is 3.97. The fraction of sp³-hybridized carbons (Fsp3) is 1.00. The summed E-state index contributed by atoms with van der Waals surface area (Å²) < 4.78 is 10.6. The van der Waals surface area contributed by atoms with E-state index in [1.807, 2.05) is 0 Å². The van der Waals surface area contributed by atoms with Crippen LogP contribution in [0.3, 0.4) is 0 Å². The minimum atomic E-state index is -0.393. The van der Waals surface area contributed by atoms with Gasteiger partial charge < -0.3 is 9.05 Å². The van der Waals surface area contributed by atoms with Crippen LogP contribution in [0.15, 0.2) is 0 Å². The van der Waals surface area contributed by atoms with Gasteiger partial charge in [-0.25, -0.2) is 0 Å². The molecule has 2 fully saturated rings. The minimum absolute atomic E-state index is 0.393. The lowest BCUT2D eigenvalue weighted by atomic mass is 10.8. The molecular weight excluding hydrogens is 123 g/mol. The van der Waals surface area contributed by atoms with Gasteiger partial charge in [0.05, 0.1) is 13.2 Å². The Labute approximate surface area is 50.1 Å². The summed E-state index contributed by atoms with van der Waals surface area (Å²) in [6, 6.07) is 0. The van der Waals surface area contributed by atoms with Gasteiger partial charge in [-0.15, -0.1) is 0 Å². The third-order valence-corrected chi connectivity index (χ3v) is 3.35. The quantitative estimate of drug-likeness (QED) is 0.503. The molecule has 8 heavy (non-hydrogen) atoms. The zero-order chi connectivity index (χ0) is 5.40. The van der Waals surface area contributed by atoms with Crippen molar-refractivity contribution < 1.29 is 9.05 Å². The van der Waals surface area contributed by atoms with Crippen molar-refractivity contribution in [1.82, 2.24) is 0 Å². The monoisotopic (exact) mass is 132 g/mol. The second kappa shape index (κ2) is 1.94. The first-order valence-corrected chi connectivity index (χ1v) is 4.26. The molecule has 1 saturated carbocycles. The van der Waals surface area contributed by atoms with Crippen molar-refractivity contribution >= 4 is 8.38 Å². The fourth-order valence-corrected chi connectivity index (χ4v) is 2.36. The van der Waals surface area contributed by atoms with Gasteiger partial charge in [-0.05, 0) is 12.8 Å². The molecule has 1 heterocycles. The van der Waals surface area contributed by atoms with Crippen molar-refractivity contribution in [1.29, 1.82) is 0 Å². The first kappa shape index (κ1) is 5.16. The minimum Gasteiger partial charge on any atom is -0.331 e. The summed E-state index contributed by atoms with van der Waals surface area (Å²) in [6.07, 6.45) is 2.68. The highest BCUT2D eigenvalue weighted by Gasteiger charge is 2.36. The molecule has 0 radical (unpaired) electrons. The molecule has 0 spiro atoms. The Balaban J connectivity index is 1.86. The predicted molar refractivity (Wildman–Crippen MR) is 31.8 cm³/mol. The second-order valence-electron chi connectivity index (χ2n) is 2.18. The molecule has 1 aliphatic heterocycles. The van der Waals surface area contributed by atoms with E-state index in [1.165, 1.54) is 12.8 Å². The maximum atomic E-state index is 5.32. The van der Waals surface area contributed by atoms with E-state index in [-0.39, 0.29) is 0 Å². The SMILES string of the molecule is C1COP(C2CC2)O1. The Morgan fingerprint density at radius 3 is 2.25 bits per heavy atom. The average Bonchev–Trinajstić information content (AvgIpc) is 2.49. The summed E-state index contributed by atoms with van der Waals surface area (Å²) in [7, 11) is -0.393. The van der Waals surface area contributed by atoms with Gasteiger partial charge in [-0.3, -0.25) is 0 Å². The Morgan fingerprint density at radius 2 is 1.75 bits per heavy atom. The molecule has 0 aromatic heterocycles. The molecule has 0 atom stereocenters. The van der Waals surface area contributed by atoms with Crippen LogP contribution in [0.1, 0.15) is 12.8 Å². The van der Waals surface area contributed by atoms with Crippen LogP contribution in [0.2, 0.25) is 0 Å². The van der Waals surface area contributed by atoms with Gasteiger partial charge >= 0.3 is 0 Å². The van der Waals surface area contributed by atoms with E-state index in [4.69, 9.17) is 9.05 Å². The Hall–Kier alpha value is 0.350. The second-order valence-corrected chi connectivity index (χ2v) is 4.00. The van der Waals surface area contributed by atoms with Crippen LogP contribution < -0.4 is 0 Å². The molecule has 0 aromatic rings. The molecule has 0 aromatic carbocycles. The van der Waals surface area contributed by atoms with Gasteiger partial charge in [0.1, 0.15) is 0 Å². The zero-order valence-corrected chi connectivity index (χ0v) is 5.56. The zero-order valence-electron chi connectivity index (χ0n) is 4.67. The lowest BCUT2D eigenvalue weighted by molar-refractivity contribution is 0.365. The largest absolute Gasteiger partial charge is 0.331 e. The van der Waals surface area contributed by atoms with E-state index in [9.17, 15) is 0 Å². The summed E-state index contributed by atoms with van der Waals surface area (Å²) in [5.41, 5.74) is 0.812. The van der Waals surface area contributed by atoms with Crippen molar-refractivity contribution in [2.75, 3.05) is 13.2 Å². The molecule has 0 N–H and O–H groups in total. The number of rotatable bonds is 1. The molecule has 0 bridgehead atoms. The van der Waals surface area contributed by atoms with Crippen molar-refractivity contribution in [3.63, 3.8) is 0 Å². The highest BCUT2D eigenvalue weighted by Crippen LogP contribution is 2.57. The summed E-state index contributed by atoms with van der Waals surface area (Å²) >= 11 is 0. The predicted octanol–water partition coefficient (Wildman–Crippen LogP) is 1.51. The third-order valence-electron chi connectivity index (χ3n) is 1.37. The number of hydrogen-bond donors (Lipinski definition) is 0. The van der Waals surface area contributed by atoms with Crippen LogP contribution in [0.4, 0.5) is 0 Å². The van der Waals surface area contributed by atoms with Gasteiger partial charge in [0.2, 0.25) is 0 Å². The molecule has 1 aliphatic carbocycles.